The van der Waals surface area contributed by atoms with E-state index in [-0.39, 0.29) is 10.2 Å². The Morgan fingerprint density at radius 3 is 2.00 bits per heavy atom. The Labute approximate surface area is 71.4 Å². The quantitative estimate of drug-likeness (QED) is 0.591. The molecule has 11 heavy (non-hydrogen) atoms. The van der Waals surface area contributed by atoms with Crippen molar-refractivity contribution >= 4 is 18.6 Å². The Morgan fingerprint density at radius 1 is 1.27 bits per heavy atom. The standard InChI is InChI=1S/C8H12O2S/c9-6(10)7-1-3-8(11,5-7)4-2-7/h11H,1-5H2,(H,9,10). The van der Waals surface area contributed by atoms with Gasteiger partial charge in [0, 0.05) is 4.75 Å². The van der Waals surface area contributed by atoms with E-state index in [1.807, 2.05) is 0 Å². The van der Waals surface area contributed by atoms with Gasteiger partial charge < -0.3 is 5.11 Å². The molecule has 2 aliphatic carbocycles. The third kappa shape index (κ3) is 0.901. The van der Waals surface area contributed by atoms with E-state index in [1.165, 1.54) is 0 Å². The zero-order valence-corrected chi connectivity index (χ0v) is 7.23. The second-order valence-electron chi connectivity index (χ2n) is 3.99. The average Bonchev–Trinajstić information content (AvgIpc) is 2.42. The molecule has 0 heterocycles. The molecule has 0 aromatic carbocycles. The Kier molecular flexibility index (Phi) is 1.32. The second-order valence-corrected chi connectivity index (χ2v) is 4.94. The second kappa shape index (κ2) is 1.94. The van der Waals surface area contributed by atoms with Gasteiger partial charge in [-0.3, -0.25) is 4.79 Å². The van der Waals surface area contributed by atoms with E-state index in [1.54, 1.807) is 0 Å². The molecular weight excluding hydrogens is 160 g/mol. The minimum atomic E-state index is -0.606. The molecule has 0 atom stereocenters. The summed E-state index contributed by atoms with van der Waals surface area (Å²) in [7, 11) is 0. The van der Waals surface area contributed by atoms with E-state index in [2.05, 4.69) is 12.6 Å². The van der Waals surface area contributed by atoms with Crippen molar-refractivity contribution in [2.24, 2.45) is 5.41 Å². The van der Waals surface area contributed by atoms with E-state index in [0.29, 0.717) is 0 Å². The van der Waals surface area contributed by atoms with Gasteiger partial charge in [0.2, 0.25) is 0 Å². The largest absolute Gasteiger partial charge is 0.481 e. The monoisotopic (exact) mass is 172 g/mol. The molecule has 2 rings (SSSR count). The number of hydrogen-bond donors (Lipinski definition) is 2. The van der Waals surface area contributed by atoms with Crippen LogP contribution in [0.1, 0.15) is 32.1 Å². The first-order valence-electron chi connectivity index (χ1n) is 4.02. The van der Waals surface area contributed by atoms with Crippen LogP contribution in [0.5, 0.6) is 0 Å². The molecule has 3 heteroatoms. The molecule has 0 radical (unpaired) electrons. The van der Waals surface area contributed by atoms with Gasteiger partial charge in [0.1, 0.15) is 0 Å². The molecule has 2 bridgehead atoms. The Hall–Kier alpha value is -0.180. The minimum Gasteiger partial charge on any atom is -0.481 e. The van der Waals surface area contributed by atoms with Gasteiger partial charge in [-0.15, -0.1) is 0 Å². The molecule has 2 fully saturated rings. The number of fused-ring (bicyclic) bond motifs is 2. The maximum Gasteiger partial charge on any atom is 0.309 e. The van der Waals surface area contributed by atoms with E-state index >= 15 is 0 Å². The van der Waals surface area contributed by atoms with Crippen molar-refractivity contribution in [1.29, 1.82) is 0 Å². The molecule has 0 unspecified atom stereocenters. The lowest BCUT2D eigenvalue weighted by atomic mass is 9.85. The maximum atomic E-state index is 10.9. The lowest BCUT2D eigenvalue weighted by Gasteiger charge is -2.21. The molecule has 0 saturated heterocycles. The smallest absolute Gasteiger partial charge is 0.309 e. The number of hydrogen-bond acceptors (Lipinski definition) is 2. The first kappa shape index (κ1) is 7.47. The van der Waals surface area contributed by atoms with Crippen LogP contribution in [0.25, 0.3) is 0 Å². The van der Waals surface area contributed by atoms with Crippen molar-refractivity contribution in [3.63, 3.8) is 0 Å². The number of thiol groups is 1. The maximum absolute atomic E-state index is 10.9. The summed E-state index contributed by atoms with van der Waals surface area (Å²) >= 11 is 4.51. The fraction of sp³-hybridized carbons (Fsp3) is 0.875. The first-order valence-corrected chi connectivity index (χ1v) is 4.47. The van der Waals surface area contributed by atoms with Crippen molar-refractivity contribution in [3.05, 3.63) is 0 Å². The van der Waals surface area contributed by atoms with Crippen LogP contribution in [-0.4, -0.2) is 15.8 Å². The van der Waals surface area contributed by atoms with Crippen LogP contribution in [0, 0.1) is 5.41 Å². The van der Waals surface area contributed by atoms with Gasteiger partial charge >= 0.3 is 5.97 Å². The number of aliphatic carboxylic acids is 1. The molecular formula is C8H12O2S. The van der Waals surface area contributed by atoms with E-state index in [0.717, 1.165) is 32.1 Å². The van der Waals surface area contributed by atoms with E-state index < -0.39 is 5.97 Å². The van der Waals surface area contributed by atoms with Crippen molar-refractivity contribution < 1.29 is 9.90 Å². The fourth-order valence-electron chi connectivity index (χ4n) is 2.47. The molecule has 0 aliphatic heterocycles. The van der Waals surface area contributed by atoms with Crippen LogP contribution < -0.4 is 0 Å². The number of rotatable bonds is 1. The molecule has 0 aromatic heterocycles. The summed E-state index contributed by atoms with van der Waals surface area (Å²) in [5.41, 5.74) is -0.387. The number of carbonyl (C=O) groups is 1. The molecule has 2 saturated carbocycles. The van der Waals surface area contributed by atoms with Crippen LogP contribution in [0.2, 0.25) is 0 Å². The van der Waals surface area contributed by atoms with E-state index in [4.69, 9.17) is 5.11 Å². The fourth-order valence-corrected chi connectivity index (χ4v) is 2.99. The Bertz CT molecular complexity index is 204. The highest BCUT2D eigenvalue weighted by molar-refractivity contribution is 7.81. The third-order valence-electron chi connectivity index (χ3n) is 3.26. The summed E-state index contributed by atoms with van der Waals surface area (Å²) in [5.74, 6) is -0.606. The van der Waals surface area contributed by atoms with Gasteiger partial charge in [0.05, 0.1) is 5.41 Å². The van der Waals surface area contributed by atoms with Crippen LogP contribution in [0.15, 0.2) is 0 Å². The summed E-state index contributed by atoms with van der Waals surface area (Å²) < 4.78 is 0.0678. The van der Waals surface area contributed by atoms with Gasteiger partial charge in [-0.05, 0) is 32.1 Å². The molecule has 2 nitrogen and oxygen atoms in total. The van der Waals surface area contributed by atoms with Crippen LogP contribution in [0.3, 0.4) is 0 Å². The Morgan fingerprint density at radius 2 is 1.82 bits per heavy atom. The zero-order valence-electron chi connectivity index (χ0n) is 6.34. The van der Waals surface area contributed by atoms with Gasteiger partial charge in [0.15, 0.2) is 0 Å². The normalized spacial score (nSPS) is 48.1. The van der Waals surface area contributed by atoms with Gasteiger partial charge in [-0.25, -0.2) is 0 Å². The summed E-state index contributed by atoms with van der Waals surface area (Å²) in [5, 5.41) is 8.97. The predicted octanol–water partition coefficient (Wildman–Crippen LogP) is 1.70. The molecule has 0 aromatic rings. The first-order chi connectivity index (χ1) is 5.06. The van der Waals surface area contributed by atoms with Crippen molar-refractivity contribution in [3.8, 4) is 0 Å². The highest BCUT2D eigenvalue weighted by atomic mass is 32.1. The summed E-state index contributed by atoms with van der Waals surface area (Å²) in [6.07, 6.45) is 4.45. The molecule has 62 valence electrons. The summed E-state index contributed by atoms with van der Waals surface area (Å²) in [6, 6.07) is 0. The predicted molar refractivity (Wildman–Crippen MR) is 44.9 cm³/mol. The van der Waals surface area contributed by atoms with Crippen LogP contribution in [0.4, 0.5) is 0 Å². The minimum absolute atomic E-state index is 0.0678. The number of carboxylic acid groups (broad SMARTS) is 1. The van der Waals surface area contributed by atoms with E-state index in [9.17, 15) is 4.79 Å². The molecule has 2 aliphatic rings. The van der Waals surface area contributed by atoms with Crippen molar-refractivity contribution in [2.45, 2.75) is 36.9 Å². The lowest BCUT2D eigenvalue weighted by Crippen LogP contribution is -2.25. The highest BCUT2D eigenvalue weighted by Crippen LogP contribution is 2.59. The van der Waals surface area contributed by atoms with Gasteiger partial charge in [-0.2, -0.15) is 12.6 Å². The summed E-state index contributed by atoms with van der Waals surface area (Å²) in [6.45, 7) is 0. The third-order valence-corrected chi connectivity index (χ3v) is 3.86. The van der Waals surface area contributed by atoms with Gasteiger partial charge in [0.25, 0.3) is 0 Å². The van der Waals surface area contributed by atoms with Crippen LogP contribution >= 0.6 is 12.6 Å². The molecule has 0 amide bonds. The number of carboxylic acids is 1. The average molecular weight is 172 g/mol. The molecule has 1 N–H and O–H groups in total. The van der Waals surface area contributed by atoms with Gasteiger partial charge in [-0.1, -0.05) is 0 Å². The SMILES string of the molecule is O=C(O)C12CCC(S)(CC1)C2. The zero-order chi connectivity index (χ0) is 8.11. The van der Waals surface area contributed by atoms with Crippen molar-refractivity contribution in [1.82, 2.24) is 0 Å². The molecule has 0 spiro atoms. The Balaban J connectivity index is 2.27. The van der Waals surface area contributed by atoms with Crippen LogP contribution in [-0.2, 0) is 4.79 Å². The lowest BCUT2D eigenvalue weighted by molar-refractivity contribution is -0.148. The van der Waals surface area contributed by atoms with Crippen molar-refractivity contribution in [2.75, 3.05) is 0 Å². The highest BCUT2D eigenvalue weighted by Gasteiger charge is 2.56. The summed E-state index contributed by atoms with van der Waals surface area (Å²) in [4.78, 5) is 10.9. The topological polar surface area (TPSA) is 37.3 Å².